The molecule has 3 heteroatoms. The van der Waals surface area contributed by atoms with Gasteiger partial charge in [-0.1, -0.05) is 32.4 Å². The van der Waals surface area contributed by atoms with Crippen LogP contribution in [0.2, 0.25) is 0 Å². The van der Waals surface area contributed by atoms with E-state index in [1.807, 2.05) is 11.8 Å². The molecule has 0 heterocycles. The quantitative estimate of drug-likeness (QED) is 0.653. The van der Waals surface area contributed by atoms with Crippen LogP contribution in [0.4, 0.5) is 0 Å². The Bertz CT molecular complexity index is 326. The molecule has 1 atom stereocenters. The zero-order valence-corrected chi connectivity index (χ0v) is 13.3. The summed E-state index contributed by atoms with van der Waals surface area (Å²) >= 11 is 1.93. The van der Waals surface area contributed by atoms with E-state index < -0.39 is 0 Å². The summed E-state index contributed by atoms with van der Waals surface area (Å²) in [5, 5.41) is 4.22. The summed E-state index contributed by atoms with van der Waals surface area (Å²) in [7, 11) is 0. The van der Waals surface area contributed by atoms with Crippen LogP contribution < -0.4 is 10.1 Å². The van der Waals surface area contributed by atoms with Crippen molar-refractivity contribution in [3.05, 3.63) is 29.8 Å². The van der Waals surface area contributed by atoms with Crippen LogP contribution in [0, 0.1) is 0 Å². The van der Waals surface area contributed by atoms with Gasteiger partial charge in [-0.05, 0) is 43.3 Å². The van der Waals surface area contributed by atoms with Crippen LogP contribution >= 0.6 is 11.8 Å². The summed E-state index contributed by atoms with van der Waals surface area (Å²) in [6.45, 7) is 7.29. The van der Waals surface area contributed by atoms with E-state index in [0.29, 0.717) is 0 Å². The zero-order chi connectivity index (χ0) is 13.9. The number of unbranched alkanes of at least 4 members (excludes halogenated alkanes) is 1. The third-order valence-electron chi connectivity index (χ3n) is 3.15. The predicted octanol–water partition coefficient (Wildman–Crippen LogP) is 4.10. The van der Waals surface area contributed by atoms with E-state index in [2.05, 4.69) is 49.7 Å². The van der Waals surface area contributed by atoms with Crippen LogP contribution in [0.15, 0.2) is 24.3 Å². The largest absolute Gasteiger partial charge is 0.494 e. The highest BCUT2D eigenvalue weighted by Crippen LogP contribution is 2.13. The van der Waals surface area contributed by atoms with Gasteiger partial charge in [-0.25, -0.2) is 0 Å². The molecule has 1 unspecified atom stereocenters. The highest BCUT2D eigenvalue weighted by atomic mass is 32.2. The van der Waals surface area contributed by atoms with E-state index >= 15 is 0 Å². The number of benzene rings is 1. The average molecular weight is 281 g/mol. The number of nitrogens with one attached hydrogen (secondary N) is 1. The molecule has 0 aromatic heterocycles. The molecule has 19 heavy (non-hydrogen) atoms. The van der Waals surface area contributed by atoms with E-state index in [9.17, 15) is 0 Å². The molecule has 0 saturated heterocycles. The molecule has 1 aromatic carbocycles. The fourth-order valence-electron chi connectivity index (χ4n) is 1.69. The number of rotatable bonds is 10. The third kappa shape index (κ3) is 7.48. The van der Waals surface area contributed by atoms with Gasteiger partial charge in [0.05, 0.1) is 6.61 Å². The van der Waals surface area contributed by atoms with Crippen LogP contribution in [0.3, 0.4) is 0 Å². The molecule has 2 nitrogen and oxygen atoms in total. The molecule has 0 aliphatic rings. The summed E-state index contributed by atoms with van der Waals surface area (Å²) < 4.78 is 5.65. The second kappa shape index (κ2) is 10.2. The Morgan fingerprint density at radius 1 is 1.26 bits per heavy atom. The standard InChI is InChI=1S/C16H27NOS/c1-4-5-12-18-16-8-6-15(7-9-16)13-17-11-10-14(2)19-3/h6-9,14,17H,4-5,10-13H2,1-3H3. The van der Waals surface area contributed by atoms with E-state index in [-0.39, 0.29) is 0 Å². The molecule has 1 N–H and O–H groups in total. The molecule has 0 radical (unpaired) electrons. The fourth-order valence-corrected chi connectivity index (χ4v) is 2.05. The van der Waals surface area contributed by atoms with Crippen molar-refractivity contribution in [2.45, 2.75) is 44.9 Å². The molecule has 108 valence electrons. The normalized spacial score (nSPS) is 12.4. The lowest BCUT2D eigenvalue weighted by Gasteiger charge is -2.10. The van der Waals surface area contributed by atoms with Crippen LogP contribution in [0.5, 0.6) is 5.75 Å². The van der Waals surface area contributed by atoms with Gasteiger partial charge in [-0.3, -0.25) is 0 Å². The predicted molar refractivity (Wildman–Crippen MR) is 86.1 cm³/mol. The number of hydrogen-bond acceptors (Lipinski definition) is 3. The highest BCUT2D eigenvalue weighted by molar-refractivity contribution is 7.99. The van der Waals surface area contributed by atoms with Gasteiger partial charge in [-0.2, -0.15) is 11.8 Å². The average Bonchev–Trinajstić information content (AvgIpc) is 2.45. The summed E-state index contributed by atoms with van der Waals surface area (Å²) in [4.78, 5) is 0. The smallest absolute Gasteiger partial charge is 0.119 e. The monoisotopic (exact) mass is 281 g/mol. The molecule has 0 aliphatic carbocycles. The van der Waals surface area contributed by atoms with Gasteiger partial charge in [0, 0.05) is 11.8 Å². The lowest BCUT2D eigenvalue weighted by Crippen LogP contribution is -2.17. The Kier molecular flexibility index (Phi) is 8.76. The van der Waals surface area contributed by atoms with Gasteiger partial charge in [0.15, 0.2) is 0 Å². The number of thioether (sulfide) groups is 1. The Morgan fingerprint density at radius 3 is 2.63 bits per heavy atom. The molecular formula is C16H27NOS. The van der Waals surface area contributed by atoms with Crippen LogP contribution in [0.1, 0.15) is 38.7 Å². The van der Waals surface area contributed by atoms with E-state index in [1.54, 1.807) is 0 Å². The van der Waals surface area contributed by atoms with Gasteiger partial charge in [0.1, 0.15) is 5.75 Å². The van der Waals surface area contributed by atoms with Crippen molar-refractivity contribution in [1.29, 1.82) is 0 Å². The van der Waals surface area contributed by atoms with Crippen molar-refractivity contribution in [2.75, 3.05) is 19.4 Å². The summed E-state index contributed by atoms with van der Waals surface area (Å²) in [5.41, 5.74) is 1.32. The van der Waals surface area contributed by atoms with Gasteiger partial charge >= 0.3 is 0 Å². The number of hydrogen-bond donors (Lipinski definition) is 1. The Labute approximate surface area is 122 Å². The lowest BCUT2D eigenvalue weighted by molar-refractivity contribution is 0.309. The van der Waals surface area contributed by atoms with Crippen LogP contribution in [-0.2, 0) is 6.54 Å². The maximum absolute atomic E-state index is 5.65. The van der Waals surface area contributed by atoms with Crippen LogP contribution in [-0.4, -0.2) is 24.7 Å². The maximum atomic E-state index is 5.65. The highest BCUT2D eigenvalue weighted by Gasteiger charge is 1.99. The Morgan fingerprint density at radius 2 is 2.00 bits per heavy atom. The third-order valence-corrected chi connectivity index (χ3v) is 4.19. The van der Waals surface area contributed by atoms with E-state index in [0.717, 1.165) is 37.1 Å². The molecule has 0 spiro atoms. The van der Waals surface area contributed by atoms with Crippen molar-refractivity contribution in [1.82, 2.24) is 5.32 Å². The van der Waals surface area contributed by atoms with Crippen molar-refractivity contribution in [3.63, 3.8) is 0 Å². The molecule has 0 saturated carbocycles. The first-order valence-electron chi connectivity index (χ1n) is 7.21. The molecule has 0 fully saturated rings. The van der Waals surface area contributed by atoms with Crippen molar-refractivity contribution in [2.24, 2.45) is 0 Å². The molecule has 0 aliphatic heterocycles. The molecule has 0 amide bonds. The lowest BCUT2D eigenvalue weighted by atomic mass is 10.2. The maximum Gasteiger partial charge on any atom is 0.119 e. The number of ether oxygens (including phenoxy) is 1. The Balaban J connectivity index is 2.20. The molecule has 1 aromatic rings. The van der Waals surface area contributed by atoms with Crippen molar-refractivity contribution >= 4 is 11.8 Å². The summed E-state index contributed by atoms with van der Waals surface area (Å²) in [6.07, 6.45) is 5.69. The van der Waals surface area contributed by atoms with Crippen LogP contribution in [0.25, 0.3) is 0 Å². The SMILES string of the molecule is CCCCOc1ccc(CNCCC(C)SC)cc1. The summed E-state index contributed by atoms with van der Waals surface area (Å²) in [6, 6.07) is 8.42. The van der Waals surface area contributed by atoms with Gasteiger partial charge in [-0.15, -0.1) is 0 Å². The van der Waals surface area contributed by atoms with Gasteiger partial charge < -0.3 is 10.1 Å². The minimum atomic E-state index is 0.738. The first-order chi connectivity index (χ1) is 9.26. The first kappa shape index (κ1) is 16.4. The first-order valence-corrected chi connectivity index (χ1v) is 8.50. The molecule has 0 bridgehead atoms. The van der Waals surface area contributed by atoms with Crippen molar-refractivity contribution < 1.29 is 4.74 Å². The topological polar surface area (TPSA) is 21.3 Å². The second-order valence-corrected chi connectivity index (χ2v) is 6.13. The second-order valence-electron chi connectivity index (χ2n) is 4.86. The fraction of sp³-hybridized carbons (Fsp3) is 0.625. The Hall–Kier alpha value is -0.670. The zero-order valence-electron chi connectivity index (χ0n) is 12.4. The minimum absolute atomic E-state index is 0.738. The summed E-state index contributed by atoms with van der Waals surface area (Å²) in [5.74, 6) is 0.980. The van der Waals surface area contributed by atoms with E-state index in [4.69, 9.17) is 4.74 Å². The minimum Gasteiger partial charge on any atom is -0.494 e. The van der Waals surface area contributed by atoms with Crippen molar-refractivity contribution in [3.8, 4) is 5.75 Å². The van der Waals surface area contributed by atoms with E-state index in [1.165, 1.54) is 18.4 Å². The molecule has 1 rings (SSSR count). The van der Waals surface area contributed by atoms with Gasteiger partial charge in [0.2, 0.25) is 0 Å². The van der Waals surface area contributed by atoms with Gasteiger partial charge in [0.25, 0.3) is 0 Å². The molecular weight excluding hydrogens is 254 g/mol.